The first-order valence-corrected chi connectivity index (χ1v) is 8.92. The molecule has 0 unspecified atom stereocenters. The highest BCUT2D eigenvalue weighted by Crippen LogP contribution is 2.36. The zero-order valence-corrected chi connectivity index (χ0v) is 15.1. The Balaban J connectivity index is 1.90. The Hall–Kier alpha value is -2.44. The van der Waals surface area contributed by atoms with Crippen LogP contribution in [0.3, 0.4) is 0 Å². The number of hydrogen-bond donors (Lipinski definition) is 1. The zero-order chi connectivity index (χ0) is 18.0. The fourth-order valence-electron chi connectivity index (χ4n) is 2.47. The number of carbonyl (C=O) groups is 2. The normalized spacial score (nSPS) is 15.9. The summed E-state index contributed by atoms with van der Waals surface area (Å²) in [4.78, 5) is 25.8. The highest BCUT2D eigenvalue weighted by molar-refractivity contribution is 8.27. The van der Waals surface area contributed by atoms with Gasteiger partial charge in [0.2, 0.25) is 0 Å². The molecule has 0 saturated carbocycles. The Kier molecular flexibility index (Phi) is 5.01. The smallest absolute Gasteiger partial charge is 0.335 e. The molecule has 25 heavy (non-hydrogen) atoms. The number of hydrogen-bond acceptors (Lipinski definition) is 4. The largest absolute Gasteiger partial charge is 0.478 e. The predicted molar refractivity (Wildman–Crippen MR) is 105 cm³/mol. The van der Waals surface area contributed by atoms with Crippen molar-refractivity contribution in [3.63, 3.8) is 0 Å². The number of anilines is 1. The van der Waals surface area contributed by atoms with Gasteiger partial charge >= 0.3 is 5.97 Å². The van der Waals surface area contributed by atoms with Crippen molar-refractivity contribution in [1.29, 1.82) is 0 Å². The number of carboxylic acids is 1. The minimum Gasteiger partial charge on any atom is -0.478 e. The Labute approximate surface area is 155 Å². The van der Waals surface area contributed by atoms with Gasteiger partial charge in [-0.2, -0.15) is 0 Å². The van der Waals surface area contributed by atoms with E-state index in [4.69, 9.17) is 17.3 Å². The SMILES string of the molecule is CCc1ccc(/C=C2\SC(=S)N(c3cccc(C(=O)O)c3)C2=O)cc1. The van der Waals surface area contributed by atoms with Crippen molar-refractivity contribution in [3.05, 3.63) is 70.1 Å². The number of benzene rings is 2. The summed E-state index contributed by atoms with van der Waals surface area (Å²) in [7, 11) is 0. The van der Waals surface area contributed by atoms with Crippen molar-refractivity contribution in [2.75, 3.05) is 4.90 Å². The molecule has 6 heteroatoms. The standard InChI is InChI=1S/C19H15NO3S2/c1-2-12-6-8-13(9-7-12)10-16-17(21)20(19(24)25-16)15-5-3-4-14(11-15)18(22)23/h3-11H,2H2,1H3,(H,22,23)/b16-10-. The molecular formula is C19H15NO3S2. The number of carboxylic acid groups (broad SMARTS) is 1. The van der Waals surface area contributed by atoms with Crippen LogP contribution in [-0.2, 0) is 11.2 Å². The number of nitrogens with zero attached hydrogens (tertiary/aromatic N) is 1. The minimum atomic E-state index is -1.04. The van der Waals surface area contributed by atoms with E-state index in [1.54, 1.807) is 18.2 Å². The minimum absolute atomic E-state index is 0.116. The van der Waals surface area contributed by atoms with E-state index in [9.17, 15) is 9.59 Å². The zero-order valence-electron chi connectivity index (χ0n) is 13.4. The number of carbonyl (C=O) groups excluding carboxylic acids is 1. The molecule has 1 heterocycles. The van der Waals surface area contributed by atoms with Crippen LogP contribution in [0.2, 0.25) is 0 Å². The predicted octanol–water partition coefficient (Wildman–Crippen LogP) is 4.35. The molecule has 1 aliphatic heterocycles. The van der Waals surface area contributed by atoms with Crippen LogP contribution >= 0.6 is 24.0 Å². The topological polar surface area (TPSA) is 57.6 Å². The first-order valence-electron chi connectivity index (χ1n) is 7.70. The maximum atomic E-state index is 12.7. The lowest BCUT2D eigenvalue weighted by Gasteiger charge is -2.14. The molecule has 1 fully saturated rings. The fraction of sp³-hybridized carbons (Fsp3) is 0.105. The van der Waals surface area contributed by atoms with Crippen molar-refractivity contribution in [2.45, 2.75) is 13.3 Å². The molecule has 1 amide bonds. The number of aromatic carboxylic acids is 1. The van der Waals surface area contributed by atoms with E-state index >= 15 is 0 Å². The summed E-state index contributed by atoms with van der Waals surface area (Å²) in [6, 6.07) is 14.2. The number of thioether (sulfide) groups is 1. The highest BCUT2D eigenvalue weighted by atomic mass is 32.2. The van der Waals surface area contributed by atoms with Gasteiger partial charge in [0.05, 0.1) is 16.2 Å². The summed E-state index contributed by atoms with van der Waals surface area (Å²) in [5.41, 5.74) is 2.74. The van der Waals surface area contributed by atoms with Crippen molar-refractivity contribution >= 4 is 51.9 Å². The van der Waals surface area contributed by atoms with Crippen molar-refractivity contribution in [1.82, 2.24) is 0 Å². The average Bonchev–Trinajstić information content (AvgIpc) is 2.89. The van der Waals surface area contributed by atoms with E-state index in [2.05, 4.69) is 6.92 Å². The molecule has 2 aromatic rings. The van der Waals surface area contributed by atoms with E-state index in [0.29, 0.717) is 14.9 Å². The van der Waals surface area contributed by atoms with Gasteiger partial charge in [0, 0.05) is 0 Å². The van der Waals surface area contributed by atoms with Crippen molar-refractivity contribution < 1.29 is 14.7 Å². The third-order valence-electron chi connectivity index (χ3n) is 3.83. The van der Waals surface area contributed by atoms with Gasteiger partial charge in [0.1, 0.15) is 0 Å². The number of aryl methyl sites for hydroxylation is 1. The number of rotatable bonds is 4. The fourth-order valence-corrected chi connectivity index (χ4v) is 3.77. The molecule has 0 spiro atoms. The summed E-state index contributed by atoms with van der Waals surface area (Å²) in [5.74, 6) is -1.28. The van der Waals surface area contributed by atoms with Crippen LogP contribution in [0.25, 0.3) is 6.08 Å². The third kappa shape index (κ3) is 3.65. The molecule has 3 rings (SSSR count). The molecule has 4 nitrogen and oxygen atoms in total. The third-order valence-corrected chi connectivity index (χ3v) is 5.13. The summed E-state index contributed by atoms with van der Waals surface area (Å²) in [6.45, 7) is 2.09. The van der Waals surface area contributed by atoms with Crippen LogP contribution < -0.4 is 4.90 Å². The van der Waals surface area contributed by atoms with Gasteiger partial charge < -0.3 is 5.11 Å². The van der Waals surface area contributed by atoms with Crippen LogP contribution in [0.4, 0.5) is 5.69 Å². The Morgan fingerprint density at radius 3 is 2.60 bits per heavy atom. The van der Waals surface area contributed by atoms with E-state index < -0.39 is 5.97 Å². The first-order chi connectivity index (χ1) is 12.0. The number of thiocarbonyl (C=S) groups is 1. The van der Waals surface area contributed by atoms with Crippen LogP contribution in [0.5, 0.6) is 0 Å². The molecule has 1 aliphatic rings. The molecule has 2 aromatic carbocycles. The lowest BCUT2D eigenvalue weighted by Crippen LogP contribution is -2.27. The van der Waals surface area contributed by atoms with E-state index in [0.717, 1.165) is 12.0 Å². The van der Waals surface area contributed by atoms with E-state index in [1.807, 2.05) is 24.3 Å². The molecule has 0 aromatic heterocycles. The number of amides is 1. The molecule has 0 aliphatic carbocycles. The van der Waals surface area contributed by atoms with Gasteiger partial charge in [-0.3, -0.25) is 9.69 Å². The summed E-state index contributed by atoms with van der Waals surface area (Å²) < 4.78 is 0.393. The summed E-state index contributed by atoms with van der Waals surface area (Å²) in [6.07, 6.45) is 2.77. The molecule has 1 saturated heterocycles. The summed E-state index contributed by atoms with van der Waals surface area (Å²) >= 11 is 6.54. The maximum absolute atomic E-state index is 12.7. The second-order valence-electron chi connectivity index (χ2n) is 5.47. The van der Waals surface area contributed by atoms with E-state index in [1.165, 1.54) is 34.4 Å². The van der Waals surface area contributed by atoms with Crippen molar-refractivity contribution in [3.8, 4) is 0 Å². The first kappa shape index (κ1) is 17.4. The molecule has 1 N–H and O–H groups in total. The molecule has 126 valence electrons. The molecule has 0 bridgehead atoms. The molecular weight excluding hydrogens is 354 g/mol. The highest BCUT2D eigenvalue weighted by Gasteiger charge is 2.33. The van der Waals surface area contributed by atoms with Gasteiger partial charge in [-0.25, -0.2) is 4.79 Å². The molecule has 0 atom stereocenters. The maximum Gasteiger partial charge on any atom is 0.335 e. The average molecular weight is 369 g/mol. The second kappa shape index (κ2) is 7.21. The Morgan fingerprint density at radius 1 is 1.24 bits per heavy atom. The van der Waals surface area contributed by atoms with E-state index in [-0.39, 0.29) is 11.5 Å². The van der Waals surface area contributed by atoms with Crippen LogP contribution in [0.15, 0.2) is 53.4 Å². The Bertz CT molecular complexity index is 888. The lowest BCUT2D eigenvalue weighted by molar-refractivity contribution is -0.113. The lowest BCUT2D eigenvalue weighted by atomic mass is 10.1. The van der Waals surface area contributed by atoms with Gasteiger partial charge in [-0.1, -0.05) is 61.2 Å². The van der Waals surface area contributed by atoms with Crippen LogP contribution in [0.1, 0.15) is 28.4 Å². The van der Waals surface area contributed by atoms with Crippen molar-refractivity contribution in [2.24, 2.45) is 0 Å². The monoisotopic (exact) mass is 369 g/mol. The molecule has 0 radical (unpaired) electrons. The van der Waals surface area contributed by atoms with Crippen LogP contribution in [0, 0.1) is 0 Å². The van der Waals surface area contributed by atoms with Gasteiger partial charge in [-0.15, -0.1) is 0 Å². The van der Waals surface area contributed by atoms with Gasteiger partial charge in [0.25, 0.3) is 5.91 Å². The van der Waals surface area contributed by atoms with Crippen LogP contribution in [-0.4, -0.2) is 21.3 Å². The Morgan fingerprint density at radius 2 is 1.96 bits per heavy atom. The van der Waals surface area contributed by atoms with Gasteiger partial charge in [-0.05, 0) is 41.8 Å². The van der Waals surface area contributed by atoms with Gasteiger partial charge in [0.15, 0.2) is 4.32 Å². The quantitative estimate of drug-likeness (QED) is 0.641. The second-order valence-corrected chi connectivity index (χ2v) is 7.14. The summed E-state index contributed by atoms with van der Waals surface area (Å²) in [5, 5.41) is 9.12.